The Morgan fingerprint density at radius 2 is 0.463 bits per heavy atom. The van der Waals surface area contributed by atoms with Crippen molar-refractivity contribution >= 4 is 10.4 Å². The Balaban J connectivity index is -0.000000606. The molecule has 0 unspecified atom stereocenters. The summed E-state index contributed by atoms with van der Waals surface area (Å²) in [6.45, 7) is 5.31. The van der Waals surface area contributed by atoms with E-state index < -0.39 is 10.4 Å². The average Bonchev–Trinajstić information content (AvgIpc) is 2.93. The first-order chi connectivity index (χ1) is 19.8. The van der Waals surface area contributed by atoms with E-state index in [2.05, 4.69) is 13.8 Å². The van der Waals surface area contributed by atoms with Crippen LogP contribution < -0.4 is 0 Å². The molecule has 41 heavy (non-hydrogen) atoms. The SMILES string of the molecule is CCCCCCCCCCCCCCCCCCO.CCCCCCCCCCCCCCCCO.O=S(=O)([O-])[O-]. The van der Waals surface area contributed by atoms with Crippen LogP contribution in [0.1, 0.15) is 206 Å². The van der Waals surface area contributed by atoms with Crippen molar-refractivity contribution in [3.63, 3.8) is 0 Å². The first-order valence-corrected chi connectivity index (χ1v) is 19.0. The van der Waals surface area contributed by atoms with Crippen LogP contribution >= 0.6 is 0 Å². The van der Waals surface area contributed by atoms with Gasteiger partial charge in [-0.25, -0.2) is 0 Å². The van der Waals surface area contributed by atoms with E-state index in [1.165, 1.54) is 180 Å². The molecule has 0 amide bonds. The van der Waals surface area contributed by atoms with Gasteiger partial charge in [0, 0.05) is 23.6 Å². The van der Waals surface area contributed by atoms with Crippen molar-refractivity contribution in [2.24, 2.45) is 0 Å². The summed E-state index contributed by atoms with van der Waals surface area (Å²) in [4.78, 5) is 0. The van der Waals surface area contributed by atoms with Gasteiger partial charge in [0.2, 0.25) is 0 Å². The van der Waals surface area contributed by atoms with Gasteiger partial charge >= 0.3 is 0 Å². The van der Waals surface area contributed by atoms with E-state index in [1.54, 1.807) is 0 Å². The predicted molar refractivity (Wildman–Crippen MR) is 175 cm³/mol. The summed E-state index contributed by atoms with van der Waals surface area (Å²) in [5, 5.41) is 17.3. The largest absolute Gasteiger partial charge is 0.759 e. The van der Waals surface area contributed by atoms with Gasteiger partial charge in [-0.15, -0.1) is 0 Å². The van der Waals surface area contributed by atoms with E-state index in [-0.39, 0.29) is 0 Å². The minimum absolute atomic E-state index is 0.373. The first-order valence-electron chi connectivity index (χ1n) is 17.7. The third kappa shape index (κ3) is 64.0. The predicted octanol–water partition coefficient (Wildman–Crippen LogP) is 10.4. The molecule has 0 aromatic heterocycles. The summed E-state index contributed by atoms with van der Waals surface area (Å²) in [6, 6.07) is 0. The molecule has 0 aromatic carbocycles. The molecule has 0 aromatic rings. The second-order valence-corrected chi connectivity index (χ2v) is 12.6. The molecule has 2 N–H and O–H groups in total. The van der Waals surface area contributed by atoms with Gasteiger partial charge in [-0.3, -0.25) is 8.42 Å². The molecule has 0 atom stereocenters. The third-order valence-electron chi connectivity index (χ3n) is 7.52. The van der Waals surface area contributed by atoms with Crippen molar-refractivity contribution in [3.05, 3.63) is 0 Å². The Hall–Kier alpha value is -0.210. The molecule has 0 fully saturated rings. The van der Waals surface area contributed by atoms with Crippen LogP contribution in [0.25, 0.3) is 0 Å². The number of unbranched alkanes of at least 4 members (excludes halogenated alkanes) is 28. The lowest BCUT2D eigenvalue weighted by Gasteiger charge is -2.06. The first kappa shape index (κ1) is 45.2. The molecule has 7 heteroatoms. The second-order valence-electron chi connectivity index (χ2n) is 11.8. The van der Waals surface area contributed by atoms with Crippen LogP contribution in [0.2, 0.25) is 0 Å². The van der Waals surface area contributed by atoms with Crippen LogP contribution in [0, 0.1) is 0 Å². The van der Waals surface area contributed by atoms with Crippen molar-refractivity contribution in [3.8, 4) is 0 Å². The molecule has 0 bridgehead atoms. The third-order valence-corrected chi connectivity index (χ3v) is 7.52. The van der Waals surface area contributed by atoms with Crippen LogP contribution in [0.15, 0.2) is 0 Å². The smallest absolute Gasteiger partial charge is 0.0431 e. The summed E-state index contributed by atoms with van der Waals surface area (Å²) in [5.41, 5.74) is 0. The van der Waals surface area contributed by atoms with E-state index in [4.69, 9.17) is 27.7 Å². The topological polar surface area (TPSA) is 121 Å². The monoisotopic (exact) mass is 609 g/mol. The van der Waals surface area contributed by atoms with Crippen LogP contribution in [-0.2, 0) is 10.4 Å². The minimum atomic E-state index is -5.17. The number of aliphatic hydroxyl groups excluding tert-OH is 2. The number of rotatable bonds is 30. The molecule has 0 saturated carbocycles. The van der Waals surface area contributed by atoms with E-state index in [1.807, 2.05) is 0 Å². The van der Waals surface area contributed by atoms with Crippen LogP contribution in [-0.4, -0.2) is 41.0 Å². The van der Waals surface area contributed by atoms with E-state index in [9.17, 15) is 0 Å². The molecule has 0 radical (unpaired) electrons. The van der Waals surface area contributed by atoms with Crippen molar-refractivity contribution in [2.75, 3.05) is 13.2 Å². The standard InChI is InChI=1S/C18H38O.C16H34O.H2O4S/c1-2-3-4-5-6-7-8-9-10-11-12-13-14-15-16-17-18-19;1-2-3-4-5-6-7-8-9-10-11-12-13-14-15-16-17;1-5(2,3)4/h19H,2-18H2,1H3;17H,2-16H2,1H3;(H2,1,2,3,4)/p-2. The van der Waals surface area contributed by atoms with Gasteiger partial charge < -0.3 is 19.3 Å². The van der Waals surface area contributed by atoms with Gasteiger partial charge in [0.15, 0.2) is 0 Å². The van der Waals surface area contributed by atoms with Crippen LogP contribution in [0.5, 0.6) is 0 Å². The lowest BCUT2D eigenvalue weighted by atomic mass is 10.0. The molecule has 0 saturated heterocycles. The fraction of sp³-hybridized carbons (Fsp3) is 1.00. The molecule has 0 aliphatic rings. The zero-order valence-electron chi connectivity index (χ0n) is 27.6. The highest BCUT2D eigenvalue weighted by molar-refractivity contribution is 7.79. The molecule has 0 aliphatic heterocycles. The lowest BCUT2D eigenvalue weighted by molar-refractivity contribution is 0.282. The molecule has 0 rings (SSSR count). The van der Waals surface area contributed by atoms with Gasteiger partial charge in [-0.05, 0) is 12.8 Å². The molecular weight excluding hydrogens is 536 g/mol. The fourth-order valence-corrected chi connectivity index (χ4v) is 4.97. The van der Waals surface area contributed by atoms with Crippen molar-refractivity contribution in [1.82, 2.24) is 0 Å². The van der Waals surface area contributed by atoms with Crippen LogP contribution in [0.3, 0.4) is 0 Å². The Morgan fingerprint density at radius 3 is 0.585 bits per heavy atom. The average molecular weight is 609 g/mol. The Kier molecular flexibility index (Phi) is 46.2. The molecule has 0 aliphatic carbocycles. The zero-order valence-corrected chi connectivity index (χ0v) is 28.4. The van der Waals surface area contributed by atoms with Gasteiger partial charge in [-0.2, -0.15) is 0 Å². The minimum Gasteiger partial charge on any atom is -0.759 e. The van der Waals surface area contributed by atoms with Gasteiger partial charge in [0.25, 0.3) is 0 Å². The van der Waals surface area contributed by atoms with E-state index in [0.717, 1.165) is 12.8 Å². The van der Waals surface area contributed by atoms with Gasteiger partial charge in [0.1, 0.15) is 0 Å². The van der Waals surface area contributed by atoms with Crippen LogP contribution in [0.4, 0.5) is 0 Å². The van der Waals surface area contributed by atoms with E-state index >= 15 is 0 Å². The Labute approximate surface area is 257 Å². The lowest BCUT2D eigenvalue weighted by Crippen LogP contribution is -1.91. The summed E-state index contributed by atoms with van der Waals surface area (Å²) in [6.07, 6.45) is 41.4. The zero-order chi connectivity index (χ0) is 31.1. The molecule has 6 nitrogen and oxygen atoms in total. The van der Waals surface area contributed by atoms with Crippen molar-refractivity contribution in [2.45, 2.75) is 206 Å². The quantitative estimate of drug-likeness (QED) is 0.0475. The highest BCUT2D eigenvalue weighted by Gasteiger charge is 1.95. The maximum atomic E-state index is 8.67. The second kappa shape index (κ2) is 41.9. The van der Waals surface area contributed by atoms with Gasteiger partial charge in [0.05, 0.1) is 0 Å². The highest BCUT2D eigenvalue weighted by Crippen LogP contribution is 2.14. The summed E-state index contributed by atoms with van der Waals surface area (Å²) < 4.78 is 34.1. The van der Waals surface area contributed by atoms with Crippen molar-refractivity contribution < 1.29 is 27.7 Å². The number of hydrogen-bond acceptors (Lipinski definition) is 6. The molecular formula is C34H72O6S-2. The molecule has 0 spiro atoms. The summed E-state index contributed by atoms with van der Waals surface area (Å²) >= 11 is 0. The molecule has 252 valence electrons. The maximum Gasteiger partial charge on any atom is 0.0431 e. The number of aliphatic hydroxyl groups is 2. The Morgan fingerprint density at radius 1 is 0.341 bits per heavy atom. The number of hydrogen-bond donors (Lipinski definition) is 2. The summed E-state index contributed by atoms with van der Waals surface area (Å²) in [5.74, 6) is 0. The van der Waals surface area contributed by atoms with E-state index in [0.29, 0.717) is 13.2 Å². The molecule has 0 heterocycles. The van der Waals surface area contributed by atoms with Gasteiger partial charge in [-0.1, -0.05) is 194 Å². The summed E-state index contributed by atoms with van der Waals surface area (Å²) in [7, 11) is -5.17. The Bertz CT molecular complexity index is 489. The normalized spacial score (nSPS) is 11.1. The van der Waals surface area contributed by atoms with Crippen molar-refractivity contribution in [1.29, 1.82) is 0 Å². The highest BCUT2D eigenvalue weighted by atomic mass is 32.3. The fourth-order valence-electron chi connectivity index (χ4n) is 4.97. The maximum absolute atomic E-state index is 8.67.